The summed E-state index contributed by atoms with van der Waals surface area (Å²) < 4.78 is 5.81. The molecule has 1 aromatic heterocycles. The van der Waals surface area contributed by atoms with Gasteiger partial charge in [-0.15, -0.1) is 0 Å². The van der Waals surface area contributed by atoms with Gasteiger partial charge in [0.05, 0.1) is 23.8 Å². The third-order valence-corrected chi connectivity index (χ3v) is 7.36. The number of aromatic nitrogens is 2. The Bertz CT molecular complexity index is 903. The van der Waals surface area contributed by atoms with E-state index in [1.807, 2.05) is 11.0 Å². The van der Waals surface area contributed by atoms with Crippen LogP contribution >= 0.6 is 0 Å². The molecule has 3 fully saturated rings. The monoisotopic (exact) mass is 382 g/mol. The van der Waals surface area contributed by atoms with Crippen molar-refractivity contribution < 1.29 is 9.53 Å². The molecule has 0 aromatic carbocycles. The lowest BCUT2D eigenvalue weighted by molar-refractivity contribution is -0.135. The second-order valence-electron chi connectivity index (χ2n) is 8.96. The molecule has 4 aliphatic heterocycles. The van der Waals surface area contributed by atoms with Gasteiger partial charge in [-0.25, -0.2) is 4.98 Å². The molecule has 1 aromatic rings. The zero-order valence-corrected chi connectivity index (χ0v) is 16.0. The molecule has 28 heavy (non-hydrogen) atoms. The van der Waals surface area contributed by atoms with Gasteiger partial charge in [-0.3, -0.25) is 14.6 Å². The molecule has 1 amide bonds. The number of likely N-dealkylation sites (tertiary alicyclic amines) is 1. The van der Waals surface area contributed by atoms with Gasteiger partial charge in [-0.1, -0.05) is 12.2 Å². The predicted molar refractivity (Wildman–Crippen MR) is 103 cm³/mol. The van der Waals surface area contributed by atoms with Crippen molar-refractivity contribution in [3.05, 3.63) is 33.8 Å². The van der Waals surface area contributed by atoms with E-state index in [9.17, 15) is 9.59 Å². The van der Waals surface area contributed by atoms with Crippen molar-refractivity contribution >= 4 is 11.9 Å². The molecule has 5 atom stereocenters. The van der Waals surface area contributed by atoms with Crippen molar-refractivity contribution in [1.29, 1.82) is 0 Å². The number of ether oxygens (including phenoxy) is 1. The van der Waals surface area contributed by atoms with Crippen LogP contribution in [0.3, 0.4) is 0 Å². The van der Waals surface area contributed by atoms with Crippen molar-refractivity contribution in [3.63, 3.8) is 0 Å². The second-order valence-corrected chi connectivity index (χ2v) is 8.96. The second kappa shape index (κ2) is 6.17. The molecule has 1 N–H and O–H groups in total. The molecule has 7 heteroatoms. The topological polar surface area (TPSA) is 78.5 Å². The summed E-state index contributed by atoms with van der Waals surface area (Å²) in [5, 5.41) is 0. The Kier molecular flexibility index (Phi) is 3.70. The van der Waals surface area contributed by atoms with Gasteiger partial charge in [0, 0.05) is 37.7 Å². The lowest BCUT2D eigenvalue weighted by Crippen LogP contribution is -2.38. The fraction of sp³-hybridized carbons (Fsp3) is 0.667. The number of carbonyl (C=O) groups excluding carboxylic acids is 1. The van der Waals surface area contributed by atoms with Crippen LogP contribution in [0.15, 0.2) is 16.9 Å². The molecule has 0 radical (unpaired) electrons. The summed E-state index contributed by atoms with van der Waals surface area (Å²) in [5.41, 5.74) is 1.80. The number of aromatic amines is 1. The summed E-state index contributed by atoms with van der Waals surface area (Å²) in [5.74, 6) is 1.50. The first kappa shape index (κ1) is 16.8. The smallest absolute Gasteiger partial charge is 0.255 e. The van der Waals surface area contributed by atoms with Crippen LogP contribution in [0.25, 0.3) is 0 Å². The average Bonchev–Trinajstić information content (AvgIpc) is 3.50. The van der Waals surface area contributed by atoms with Crippen molar-refractivity contribution in [2.75, 3.05) is 31.1 Å². The van der Waals surface area contributed by atoms with Gasteiger partial charge in [-0.05, 0) is 38.0 Å². The molecular formula is C21H26N4O3. The highest BCUT2D eigenvalue weighted by Gasteiger charge is 2.47. The van der Waals surface area contributed by atoms with E-state index in [0.717, 1.165) is 68.9 Å². The molecule has 0 unspecified atom stereocenters. The fourth-order valence-electron chi connectivity index (χ4n) is 5.86. The molecule has 7 nitrogen and oxygen atoms in total. The molecule has 2 bridgehead atoms. The highest BCUT2D eigenvalue weighted by atomic mass is 16.5. The zero-order chi connectivity index (χ0) is 18.8. The van der Waals surface area contributed by atoms with Crippen LogP contribution in [-0.4, -0.2) is 59.2 Å². The van der Waals surface area contributed by atoms with E-state index in [4.69, 9.17) is 9.72 Å². The molecule has 5 heterocycles. The summed E-state index contributed by atoms with van der Waals surface area (Å²) >= 11 is 0. The predicted octanol–water partition coefficient (Wildman–Crippen LogP) is 1.20. The van der Waals surface area contributed by atoms with Crippen molar-refractivity contribution in [1.82, 2.24) is 14.9 Å². The number of fused-ring (bicyclic) bond motifs is 5. The Morgan fingerprint density at radius 1 is 1.21 bits per heavy atom. The third-order valence-electron chi connectivity index (χ3n) is 7.36. The van der Waals surface area contributed by atoms with Crippen molar-refractivity contribution in [2.45, 2.75) is 50.2 Å². The lowest BCUT2D eigenvalue weighted by atomic mass is 9.80. The number of anilines is 1. The summed E-state index contributed by atoms with van der Waals surface area (Å²) in [4.78, 5) is 38.0. The van der Waals surface area contributed by atoms with Gasteiger partial charge in [0.25, 0.3) is 5.56 Å². The van der Waals surface area contributed by atoms with Gasteiger partial charge in [0.2, 0.25) is 11.9 Å². The summed E-state index contributed by atoms with van der Waals surface area (Å²) in [6.07, 6.45) is 9.01. The zero-order valence-electron chi connectivity index (χ0n) is 16.0. The number of nitrogens with zero attached hydrogens (tertiary/aromatic N) is 3. The first-order valence-corrected chi connectivity index (χ1v) is 10.7. The number of nitrogens with one attached hydrogen (secondary N) is 1. The van der Waals surface area contributed by atoms with E-state index >= 15 is 0 Å². The van der Waals surface area contributed by atoms with E-state index < -0.39 is 0 Å². The maximum atomic E-state index is 13.2. The van der Waals surface area contributed by atoms with Gasteiger partial charge in [0.1, 0.15) is 0 Å². The molecule has 5 aliphatic rings. The Hall–Kier alpha value is -2.15. The quantitative estimate of drug-likeness (QED) is 0.778. The molecule has 1 aliphatic carbocycles. The highest BCUT2D eigenvalue weighted by Crippen LogP contribution is 2.42. The Labute approximate surface area is 163 Å². The maximum absolute atomic E-state index is 13.2. The van der Waals surface area contributed by atoms with Crippen LogP contribution in [0.4, 0.5) is 5.95 Å². The van der Waals surface area contributed by atoms with E-state index in [1.54, 1.807) is 0 Å². The molecule has 0 saturated carbocycles. The van der Waals surface area contributed by atoms with Crippen molar-refractivity contribution in [3.8, 4) is 0 Å². The van der Waals surface area contributed by atoms with Crippen molar-refractivity contribution in [2.24, 2.45) is 11.8 Å². The average molecular weight is 382 g/mol. The molecular weight excluding hydrogens is 356 g/mol. The number of amides is 1. The summed E-state index contributed by atoms with van der Waals surface area (Å²) in [7, 11) is 0. The van der Waals surface area contributed by atoms with Gasteiger partial charge in [0.15, 0.2) is 0 Å². The summed E-state index contributed by atoms with van der Waals surface area (Å²) in [6.45, 7) is 3.38. The van der Waals surface area contributed by atoms with Crippen LogP contribution in [-0.2, 0) is 16.0 Å². The van der Waals surface area contributed by atoms with E-state index in [1.165, 1.54) is 0 Å². The van der Waals surface area contributed by atoms with E-state index in [-0.39, 0.29) is 35.5 Å². The number of hydrogen-bond acceptors (Lipinski definition) is 5. The molecule has 0 spiro atoms. The standard InChI is InChI=1S/C21H26N4O3/c26-19-14-5-3-12-10-25(20(27)15-9-13-4-6-17(15)28-13)11-16(12)18(14)22-21(23-19)24-7-1-2-8-24/h4,6,12-13,15-17H,1-3,5,7-11H2,(H,22,23,26)/t12-,13-,15+,16+,17+/m1/s1. The van der Waals surface area contributed by atoms with E-state index in [0.29, 0.717) is 12.5 Å². The largest absolute Gasteiger partial charge is 0.366 e. The van der Waals surface area contributed by atoms with E-state index in [2.05, 4.69) is 16.0 Å². The van der Waals surface area contributed by atoms with Gasteiger partial charge in [-0.2, -0.15) is 0 Å². The minimum atomic E-state index is -0.0462. The highest BCUT2D eigenvalue weighted by molar-refractivity contribution is 5.81. The van der Waals surface area contributed by atoms with Gasteiger partial charge >= 0.3 is 0 Å². The summed E-state index contributed by atoms with van der Waals surface area (Å²) in [6, 6.07) is 0. The number of hydrogen-bond donors (Lipinski definition) is 1. The van der Waals surface area contributed by atoms with Crippen LogP contribution < -0.4 is 10.5 Å². The first-order valence-electron chi connectivity index (χ1n) is 10.7. The Morgan fingerprint density at radius 2 is 2.07 bits per heavy atom. The lowest BCUT2D eigenvalue weighted by Gasteiger charge is -2.27. The SMILES string of the molecule is O=C([C@H]1C[C@H]2C=C[C@@H]1O2)N1C[C@H]2CCc3c(nc(N4CCCC4)[nH]c3=O)[C@H]2C1. The molecule has 6 rings (SSSR count). The van der Waals surface area contributed by atoms with Crippen LogP contribution in [0.2, 0.25) is 0 Å². The molecule has 148 valence electrons. The Morgan fingerprint density at radius 3 is 2.82 bits per heavy atom. The minimum absolute atomic E-state index is 0.0155. The number of rotatable bonds is 2. The normalized spacial score (nSPS) is 35.5. The fourth-order valence-corrected chi connectivity index (χ4v) is 5.86. The third kappa shape index (κ3) is 2.48. The van der Waals surface area contributed by atoms with Crippen LogP contribution in [0, 0.1) is 11.8 Å². The number of H-pyrrole nitrogens is 1. The van der Waals surface area contributed by atoms with Gasteiger partial charge < -0.3 is 14.5 Å². The maximum Gasteiger partial charge on any atom is 0.255 e. The first-order chi connectivity index (χ1) is 13.7. The number of carbonyl (C=O) groups is 1. The van der Waals surface area contributed by atoms with Crippen LogP contribution in [0.1, 0.15) is 42.9 Å². The molecule has 3 saturated heterocycles. The van der Waals surface area contributed by atoms with Crippen LogP contribution in [0.5, 0.6) is 0 Å². The minimum Gasteiger partial charge on any atom is -0.366 e. The Balaban J connectivity index is 1.27.